The Labute approximate surface area is 132 Å². The lowest BCUT2D eigenvalue weighted by molar-refractivity contribution is -0.147. The summed E-state index contributed by atoms with van der Waals surface area (Å²) in [4.78, 5) is 23.8. The van der Waals surface area contributed by atoms with E-state index in [0.717, 1.165) is 18.9 Å². The van der Waals surface area contributed by atoms with Gasteiger partial charge in [0, 0.05) is 20.8 Å². The number of carbonyl (C=O) groups is 2. The zero-order chi connectivity index (χ0) is 16.3. The molecule has 0 aliphatic heterocycles. The first-order valence-electron chi connectivity index (χ1n) is 7.71. The molecule has 2 aliphatic rings. The van der Waals surface area contributed by atoms with E-state index in [1.165, 1.54) is 0 Å². The second-order valence-electron chi connectivity index (χ2n) is 6.27. The van der Waals surface area contributed by atoms with Crippen LogP contribution in [0.2, 0.25) is 12.6 Å². The van der Waals surface area contributed by atoms with Gasteiger partial charge in [-0.3, -0.25) is 9.59 Å². The average Bonchev–Trinajstić information content (AvgIpc) is 3.11. The molecule has 2 bridgehead atoms. The summed E-state index contributed by atoms with van der Waals surface area (Å²) in [6, 6.07) is 0.791. The summed E-state index contributed by atoms with van der Waals surface area (Å²) < 4.78 is 10.8. The first-order valence-corrected chi connectivity index (χ1v) is 10.2. The topological polar surface area (TPSA) is 84.9 Å². The highest BCUT2D eigenvalue weighted by atomic mass is 28.4. The second-order valence-corrected chi connectivity index (χ2v) is 9.86. The molecule has 124 valence electrons. The average molecular weight is 327 g/mol. The molecule has 0 aromatic heterocycles. The molecule has 7 heteroatoms. The van der Waals surface area contributed by atoms with Crippen LogP contribution >= 0.6 is 0 Å². The van der Waals surface area contributed by atoms with E-state index in [2.05, 4.69) is 5.32 Å². The highest BCUT2D eigenvalue weighted by Crippen LogP contribution is 2.48. The third kappa shape index (κ3) is 3.42. The molecule has 2 rings (SSSR count). The first kappa shape index (κ1) is 17.2. The Kier molecular flexibility index (Phi) is 5.41. The van der Waals surface area contributed by atoms with E-state index in [1.807, 2.05) is 18.7 Å². The van der Waals surface area contributed by atoms with E-state index in [1.54, 1.807) is 14.2 Å². The number of aliphatic carboxylic acids is 1. The predicted molar refractivity (Wildman–Crippen MR) is 83.4 cm³/mol. The van der Waals surface area contributed by atoms with Crippen LogP contribution in [0.15, 0.2) is 12.2 Å². The van der Waals surface area contributed by atoms with Gasteiger partial charge in [0.15, 0.2) is 0 Å². The summed E-state index contributed by atoms with van der Waals surface area (Å²) in [5, 5.41) is 12.2. The van der Waals surface area contributed by atoms with E-state index in [0.29, 0.717) is 6.54 Å². The number of hydrogen-bond donors (Lipinski definition) is 2. The van der Waals surface area contributed by atoms with Gasteiger partial charge >= 0.3 is 14.5 Å². The molecule has 0 spiro atoms. The van der Waals surface area contributed by atoms with Gasteiger partial charge in [-0.1, -0.05) is 12.2 Å². The fraction of sp³-hybridized carbons (Fsp3) is 0.733. The van der Waals surface area contributed by atoms with Crippen molar-refractivity contribution < 1.29 is 23.5 Å². The van der Waals surface area contributed by atoms with Gasteiger partial charge in [0.2, 0.25) is 5.91 Å². The summed E-state index contributed by atoms with van der Waals surface area (Å²) in [6.07, 6.45) is 5.49. The lowest BCUT2D eigenvalue weighted by Crippen LogP contribution is -2.41. The highest BCUT2D eigenvalue weighted by molar-refractivity contribution is 6.65. The molecule has 2 aliphatic carbocycles. The molecule has 6 nitrogen and oxygen atoms in total. The second kappa shape index (κ2) is 6.93. The van der Waals surface area contributed by atoms with Crippen molar-refractivity contribution in [3.8, 4) is 0 Å². The van der Waals surface area contributed by atoms with Crippen LogP contribution in [-0.2, 0) is 18.4 Å². The number of carboxylic acids is 1. The maximum atomic E-state index is 12.4. The largest absolute Gasteiger partial charge is 0.481 e. The number of nitrogens with one attached hydrogen (secondary N) is 1. The van der Waals surface area contributed by atoms with Crippen LogP contribution < -0.4 is 5.32 Å². The Morgan fingerprint density at radius 1 is 1.23 bits per heavy atom. The SMILES string of the molecule is CO[Si](C)(CCCNC(=O)C1C(C(=O)O)[C@@H]2C=C[C@H]1C2)OC. The van der Waals surface area contributed by atoms with Crippen molar-refractivity contribution in [1.82, 2.24) is 5.32 Å². The Morgan fingerprint density at radius 3 is 2.36 bits per heavy atom. The quantitative estimate of drug-likeness (QED) is 0.400. The van der Waals surface area contributed by atoms with Crippen molar-refractivity contribution >= 4 is 20.4 Å². The van der Waals surface area contributed by atoms with Gasteiger partial charge in [-0.25, -0.2) is 0 Å². The van der Waals surface area contributed by atoms with Gasteiger partial charge in [-0.15, -0.1) is 0 Å². The van der Waals surface area contributed by atoms with Gasteiger partial charge in [-0.05, 0) is 37.3 Å². The number of fused-ring (bicyclic) bond motifs is 2. The molecule has 1 fully saturated rings. The van der Waals surface area contributed by atoms with Crippen molar-refractivity contribution in [2.75, 3.05) is 20.8 Å². The van der Waals surface area contributed by atoms with Crippen molar-refractivity contribution in [3.63, 3.8) is 0 Å². The number of rotatable bonds is 8. The molecule has 1 amide bonds. The maximum Gasteiger partial charge on any atom is 0.334 e. The molecule has 1 saturated carbocycles. The zero-order valence-electron chi connectivity index (χ0n) is 13.4. The summed E-state index contributed by atoms with van der Waals surface area (Å²) in [5.74, 6) is -1.92. The third-order valence-corrected chi connectivity index (χ3v) is 8.01. The van der Waals surface area contributed by atoms with E-state index < -0.39 is 26.4 Å². The van der Waals surface area contributed by atoms with E-state index in [4.69, 9.17) is 8.85 Å². The normalized spacial score (nSPS) is 29.8. The molecule has 22 heavy (non-hydrogen) atoms. The van der Waals surface area contributed by atoms with Crippen LogP contribution in [-0.4, -0.2) is 46.3 Å². The molecule has 2 unspecified atom stereocenters. The van der Waals surface area contributed by atoms with Crippen molar-refractivity contribution in [3.05, 3.63) is 12.2 Å². The summed E-state index contributed by atoms with van der Waals surface area (Å²) in [6.45, 7) is 2.51. The van der Waals surface area contributed by atoms with Gasteiger partial charge in [0.25, 0.3) is 0 Å². The fourth-order valence-electron chi connectivity index (χ4n) is 3.54. The van der Waals surface area contributed by atoms with Crippen LogP contribution in [0.4, 0.5) is 0 Å². The first-order chi connectivity index (χ1) is 10.4. The minimum atomic E-state index is -2.10. The number of allylic oxidation sites excluding steroid dienone is 2. The molecule has 0 radical (unpaired) electrons. The number of carboxylic acid groups (broad SMARTS) is 1. The van der Waals surface area contributed by atoms with Gasteiger partial charge < -0.3 is 19.3 Å². The molecule has 0 saturated heterocycles. The maximum absolute atomic E-state index is 12.4. The third-order valence-electron chi connectivity index (χ3n) is 5.02. The van der Waals surface area contributed by atoms with Crippen LogP contribution in [0.1, 0.15) is 12.8 Å². The van der Waals surface area contributed by atoms with Gasteiger partial charge in [0.05, 0.1) is 11.8 Å². The van der Waals surface area contributed by atoms with Crippen LogP contribution in [0.3, 0.4) is 0 Å². The Balaban J connectivity index is 1.83. The standard InChI is InChI=1S/C15H25NO5Si/c1-20-22(3,21-2)8-4-7-16-14(17)12-10-5-6-11(9-10)13(12)15(18)19/h5-6,10-13H,4,7-9H2,1-3H3,(H,16,17)(H,18,19)/t10-,11+,12?,13?/m0/s1. The summed E-state index contributed by atoms with van der Waals surface area (Å²) in [5.41, 5.74) is 0. The lowest BCUT2D eigenvalue weighted by Gasteiger charge is -2.25. The molecule has 0 aromatic rings. The molecule has 2 N–H and O–H groups in total. The molecular weight excluding hydrogens is 302 g/mol. The van der Waals surface area contributed by atoms with E-state index >= 15 is 0 Å². The van der Waals surface area contributed by atoms with Crippen LogP contribution in [0, 0.1) is 23.7 Å². The zero-order valence-corrected chi connectivity index (χ0v) is 14.4. The van der Waals surface area contributed by atoms with Crippen molar-refractivity contribution in [2.45, 2.75) is 25.4 Å². The summed E-state index contributed by atoms with van der Waals surface area (Å²) in [7, 11) is 1.19. The van der Waals surface area contributed by atoms with Gasteiger partial charge in [-0.2, -0.15) is 0 Å². The molecule has 4 atom stereocenters. The van der Waals surface area contributed by atoms with Crippen LogP contribution in [0.5, 0.6) is 0 Å². The number of carbonyl (C=O) groups excluding carboxylic acids is 1. The lowest BCUT2D eigenvalue weighted by atomic mass is 9.82. The van der Waals surface area contributed by atoms with Gasteiger partial charge in [0.1, 0.15) is 0 Å². The monoisotopic (exact) mass is 327 g/mol. The predicted octanol–water partition coefficient (Wildman–Crippen LogP) is 1.38. The van der Waals surface area contributed by atoms with E-state index in [-0.39, 0.29) is 17.7 Å². The Morgan fingerprint density at radius 2 is 1.82 bits per heavy atom. The van der Waals surface area contributed by atoms with Crippen LogP contribution in [0.25, 0.3) is 0 Å². The fourth-order valence-corrected chi connectivity index (χ4v) is 4.94. The van der Waals surface area contributed by atoms with Crippen molar-refractivity contribution in [1.29, 1.82) is 0 Å². The highest BCUT2D eigenvalue weighted by Gasteiger charge is 2.51. The number of amides is 1. The van der Waals surface area contributed by atoms with Crippen molar-refractivity contribution in [2.24, 2.45) is 23.7 Å². The minimum absolute atomic E-state index is 0.0101. The van der Waals surface area contributed by atoms with E-state index in [9.17, 15) is 14.7 Å². The molecule has 0 aromatic carbocycles. The molecular formula is C15H25NO5Si. The number of hydrogen-bond acceptors (Lipinski definition) is 4. The molecule has 0 heterocycles. The summed E-state index contributed by atoms with van der Waals surface area (Å²) >= 11 is 0. The Hall–Kier alpha value is -1.18. The smallest absolute Gasteiger partial charge is 0.334 e. The minimum Gasteiger partial charge on any atom is -0.481 e. The Bertz CT molecular complexity index is 463.